The molecule has 0 spiro atoms. The van der Waals surface area contributed by atoms with Crippen LogP contribution in [0.1, 0.15) is 6.42 Å². The zero-order chi connectivity index (χ0) is 10.1. The Labute approximate surface area is 87.9 Å². The zero-order valence-corrected chi connectivity index (χ0v) is 8.39. The monoisotopic (exact) mass is 203 g/mol. The van der Waals surface area contributed by atoms with E-state index in [0.717, 1.165) is 31.0 Å². The van der Waals surface area contributed by atoms with Crippen LogP contribution in [0.15, 0.2) is 30.6 Å². The van der Waals surface area contributed by atoms with Gasteiger partial charge in [-0.3, -0.25) is 0 Å². The molecule has 4 heteroatoms. The SMILES string of the molecule is c1ccn2cc(OC3CCNC3)nc2c1. The van der Waals surface area contributed by atoms with Gasteiger partial charge in [0.1, 0.15) is 11.8 Å². The first-order chi connectivity index (χ1) is 7.42. The summed E-state index contributed by atoms with van der Waals surface area (Å²) in [5.74, 6) is 0.718. The van der Waals surface area contributed by atoms with Crippen LogP contribution < -0.4 is 10.1 Å². The molecule has 0 amide bonds. The number of ether oxygens (including phenoxy) is 1. The number of aromatic nitrogens is 2. The number of hydrogen-bond donors (Lipinski definition) is 1. The summed E-state index contributed by atoms with van der Waals surface area (Å²) in [6, 6.07) is 5.93. The summed E-state index contributed by atoms with van der Waals surface area (Å²) in [5.41, 5.74) is 0.929. The number of nitrogens with zero attached hydrogens (tertiary/aromatic N) is 2. The van der Waals surface area contributed by atoms with E-state index >= 15 is 0 Å². The molecule has 1 aliphatic rings. The topological polar surface area (TPSA) is 38.6 Å². The minimum absolute atomic E-state index is 0.273. The number of rotatable bonds is 2. The van der Waals surface area contributed by atoms with Gasteiger partial charge >= 0.3 is 0 Å². The van der Waals surface area contributed by atoms with Crippen LogP contribution >= 0.6 is 0 Å². The van der Waals surface area contributed by atoms with Crippen LogP contribution in [0, 0.1) is 0 Å². The highest BCUT2D eigenvalue weighted by molar-refractivity contribution is 5.41. The van der Waals surface area contributed by atoms with Crippen LogP contribution in [-0.4, -0.2) is 28.6 Å². The third kappa shape index (κ3) is 1.68. The molecule has 1 saturated heterocycles. The standard InChI is InChI=1S/C11H13N3O/c1-2-6-14-8-11(13-10(14)3-1)15-9-4-5-12-7-9/h1-3,6,8-9,12H,4-5,7H2. The van der Waals surface area contributed by atoms with E-state index in [1.54, 1.807) is 0 Å². The smallest absolute Gasteiger partial charge is 0.232 e. The fourth-order valence-corrected chi connectivity index (χ4v) is 1.87. The van der Waals surface area contributed by atoms with Crippen molar-refractivity contribution in [1.29, 1.82) is 0 Å². The van der Waals surface area contributed by atoms with E-state index in [9.17, 15) is 0 Å². The molecular formula is C11H13N3O. The second-order valence-corrected chi connectivity index (χ2v) is 3.78. The Morgan fingerprint density at radius 2 is 2.47 bits per heavy atom. The van der Waals surface area contributed by atoms with Crippen molar-refractivity contribution in [3.05, 3.63) is 30.6 Å². The normalized spacial score (nSPS) is 20.9. The van der Waals surface area contributed by atoms with E-state index in [-0.39, 0.29) is 6.10 Å². The van der Waals surface area contributed by atoms with Crippen molar-refractivity contribution in [2.24, 2.45) is 0 Å². The summed E-state index contributed by atoms with van der Waals surface area (Å²) in [6.07, 6.45) is 5.23. The number of fused-ring (bicyclic) bond motifs is 1. The maximum atomic E-state index is 5.77. The molecule has 78 valence electrons. The second kappa shape index (κ2) is 3.55. The Kier molecular flexibility index (Phi) is 2.07. The largest absolute Gasteiger partial charge is 0.472 e. The van der Waals surface area contributed by atoms with Gasteiger partial charge in [0.2, 0.25) is 5.88 Å². The lowest BCUT2D eigenvalue weighted by Crippen LogP contribution is -2.19. The molecule has 1 aliphatic heterocycles. The second-order valence-electron chi connectivity index (χ2n) is 3.78. The molecule has 4 nitrogen and oxygen atoms in total. The van der Waals surface area contributed by atoms with Gasteiger partial charge in [0.25, 0.3) is 0 Å². The lowest BCUT2D eigenvalue weighted by atomic mass is 10.3. The lowest BCUT2D eigenvalue weighted by molar-refractivity contribution is 0.215. The predicted octanol–water partition coefficient (Wildman–Crippen LogP) is 1.07. The Morgan fingerprint density at radius 1 is 1.47 bits per heavy atom. The molecule has 0 aromatic carbocycles. The Balaban J connectivity index is 1.84. The van der Waals surface area contributed by atoms with E-state index in [4.69, 9.17) is 4.74 Å². The fourth-order valence-electron chi connectivity index (χ4n) is 1.87. The molecule has 1 atom stereocenters. The molecule has 0 bridgehead atoms. The number of pyridine rings is 1. The zero-order valence-electron chi connectivity index (χ0n) is 8.39. The summed E-state index contributed by atoms with van der Waals surface area (Å²) in [4.78, 5) is 4.39. The summed E-state index contributed by atoms with van der Waals surface area (Å²) >= 11 is 0. The van der Waals surface area contributed by atoms with Crippen molar-refractivity contribution >= 4 is 5.65 Å². The van der Waals surface area contributed by atoms with Crippen LogP contribution in [0.25, 0.3) is 5.65 Å². The van der Waals surface area contributed by atoms with Crippen molar-refractivity contribution in [2.75, 3.05) is 13.1 Å². The van der Waals surface area contributed by atoms with E-state index < -0.39 is 0 Å². The minimum atomic E-state index is 0.273. The van der Waals surface area contributed by atoms with Gasteiger partial charge in [-0.2, -0.15) is 4.98 Å². The first-order valence-corrected chi connectivity index (χ1v) is 5.23. The van der Waals surface area contributed by atoms with Crippen LogP contribution in [0.5, 0.6) is 5.88 Å². The molecule has 2 aromatic rings. The maximum Gasteiger partial charge on any atom is 0.232 e. The molecule has 2 aromatic heterocycles. The molecule has 1 N–H and O–H groups in total. The molecule has 3 heterocycles. The average molecular weight is 203 g/mol. The van der Waals surface area contributed by atoms with E-state index in [2.05, 4.69) is 10.3 Å². The van der Waals surface area contributed by atoms with Gasteiger partial charge in [-0.1, -0.05) is 6.07 Å². The summed E-state index contributed by atoms with van der Waals surface area (Å²) in [5, 5.41) is 3.27. The predicted molar refractivity (Wildman–Crippen MR) is 57.1 cm³/mol. The van der Waals surface area contributed by atoms with Gasteiger partial charge in [0.15, 0.2) is 0 Å². The van der Waals surface area contributed by atoms with Gasteiger partial charge in [0.05, 0.1) is 6.20 Å². The van der Waals surface area contributed by atoms with Crippen molar-refractivity contribution in [1.82, 2.24) is 14.7 Å². The van der Waals surface area contributed by atoms with Crippen molar-refractivity contribution in [2.45, 2.75) is 12.5 Å². The first-order valence-electron chi connectivity index (χ1n) is 5.23. The highest BCUT2D eigenvalue weighted by Gasteiger charge is 2.16. The summed E-state index contributed by atoms with van der Waals surface area (Å²) in [7, 11) is 0. The third-order valence-electron chi connectivity index (χ3n) is 2.64. The van der Waals surface area contributed by atoms with Gasteiger partial charge in [-0.05, 0) is 25.1 Å². The molecule has 3 rings (SSSR count). The Morgan fingerprint density at radius 3 is 3.27 bits per heavy atom. The summed E-state index contributed by atoms with van der Waals surface area (Å²) < 4.78 is 7.74. The van der Waals surface area contributed by atoms with Gasteiger partial charge in [-0.15, -0.1) is 0 Å². The summed E-state index contributed by atoms with van der Waals surface area (Å²) in [6.45, 7) is 1.96. The van der Waals surface area contributed by atoms with Crippen LogP contribution in [-0.2, 0) is 0 Å². The van der Waals surface area contributed by atoms with Crippen molar-refractivity contribution in [3.8, 4) is 5.88 Å². The molecule has 15 heavy (non-hydrogen) atoms. The van der Waals surface area contributed by atoms with Crippen molar-refractivity contribution in [3.63, 3.8) is 0 Å². The molecule has 0 aliphatic carbocycles. The third-order valence-corrected chi connectivity index (χ3v) is 2.64. The number of imidazole rings is 1. The molecule has 0 saturated carbocycles. The van der Waals surface area contributed by atoms with Crippen LogP contribution in [0.4, 0.5) is 0 Å². The van der Waals surface area contributed by atoms with Gasteiger partial charge in [-0.25, -0.2) is 0 Å². The minimum Gasteiger partial charge on any atom is -0.472 e. The van der Waals surface area contributed by atoms with Gasteiger partial charge in [0, 0.05) is 12.7 Å². The van der Waals surface area contributed by atoms with Crippen molar-refractivity contribution < 1.29 is 4.74 Å². The first kappa shape index (κ1) is 8.73. The van der Waals surface area contributed by atoms with E-state index in [1.165, 1.54) is 0 Å². The average Bonchev–Trinajstić information content (AvgIpc) is 2.86. The number of hydrogen-bond acceptors (Lipinski definition) is 3. The van der Waals surface area contributed by atoms with Gasteiger partial charge < -0.3 is 14.5 Å². The van der Waals surface area contributed by atoms with E-state index in [0.29, 0.717) is 0 Å². The molecule has 0 radical (unpaired) electrons. The van der Waals surface area contributed by atoms with Crippen LogP contribution in [0.3, 0.4) is 0 Å². The lowest BCUT2D eigenvalue weighted by Gasteiger charge is -2.08. The fraction of sp³-hybridized carbons (Fsp3) is 0.364. The Hall–Kier alpha value is -1.55. The van der Waals surface area contributed by atoms with E-state index in [1.807, 2.05) is 35.0 Å². The number of nitrogens with one attached hydrogen (secondary N) is 1. The molecular weight excluding hydrogens is 190 g/mol. The maximum absolute atomic E-state index is 5.77. The highest BCUT2D eigenvalue weighted by atomic mass is 16.5. The molecule has 1 unspecified atom stereocenters. The van der Waals surface area contributed by atoms with Crippen LogP contribution in [0.2, 0.25) is 0 Å². The Bertz CT molecular complexity index is 427. The highest BCUT2D eigenvalue weighted by Crippen LogP contribution is 2.15. The molecule has 1 fully saturated rings. The quantitative estimate of drug-likeness (QED) is 0.793.